The van der Waals surface area contributed by atoms with Gasteiger partial charge in [-0.05, 0) is 24.3 Å². The molecule has 16 bridgehead atoms. The summed E-state index contributed by atoms with van der Waals surface area (Å²) in [5.41, 5.74) is -0.745. The summed E-state index contributed by atoms with van der Waals surface area (Å²) in [7, 11) is 0. The van der Waals surface area contributed by atoms with Gasteiger partial charge in [0.1, 0.15) is 195 Å². The maximum absolute atomic E-state index is 12.3. The van der Waals surface area contributed by atoms with E-state index in [2.05, 4.69) is 10.6 Å². The highest BCUT2D eigenvalue weighted by molar-refractivity contribution is 5.94. The molecule has 30 heterocycles. The quantitative estimate of drug-likeness (QED) is 0.0835. The smallest absolute Gasteiger partial charge is 0.337 e. The fraction of sp³-hybridized carbons (Fsp3) is 0.774. The van der Waals surface area contributed by atoms with Gasteiger partial charge in [0.2, 0.25) is 0 Å². The van der Waals surface area contributed by atoms with Crippen LogP contribution in [-0.2, 0) is 75.8 Å². The number of carbonyl (C=O) groups is 2. The highest BCUT2D eigenvalue weighted by Crippen LogP contribution is 2.40. The number of anilines is 2. The van der Waals surface area contributed by atoms with Crippen LogP contribution < -0.4 is 10.6 Å². The predicted octanol–water partition coefficient (Wildman–Crippen LogP) is -13.8. The zero-order chi connectivity index (χ0) is 76.6. The summed E-state index contributed by atoms with van der Waals surface area (Å²) in [5, 5.41) is 277. The number of hydrogen-bond donors (Lipinski definition) is 26. The van der Waals surface area contributed by atoms with Gasteiger partial charge < -0.3 is 209 Å². The molecule has 30 saturated heterocycles. The maximum atomic E-state index is 12.3. The van der Waals surface area contributed by atoms with Gasteiger partial charge in [0.25, 0.3) is 0 Å². The van der Waals surface area contributed by atoms with Crippen molar-refractivity contribution in [2.24, 2.45) is 0 Å². The van der Waals surface area contributed by atoms with E-state index in [1.807, 2.05) is 0 Å². The number of carboxylic acids is 2. The van der Waals surface area contributed by atoms with Crippen molar-refractivity contribution in [2.45, 2.75) is 246 Å². The van der Waals surface area contributed by atoms with Crippen LogP contribution in [0, 0.1) is 0 Å². The Labute approximate surface area is 598 Å². The van der Waals surface area contributed by atoms with Gasteiger partial charge in [-0.15, -0.1) is 0 Å². The van der Waals surface area contributed by atoms with Gasteiger partial charge in [0, 0.05) is 24.5 Å². The average molecular weight is 1540 g/mol. The molecule has 0 radical (unpaired) electrons. The lowest BCUT2D eigenvalue weighted by Gasteiger charge is -2.51. The van der Waals surface area contributed by atoms with Gasteiger partial charge in [-0.3, -0.25) is 0 Å². The van der Waals surface area contributed by atoms with Crippen LogP contribution in [0.5, 0.6) is 0 Å². The maximum Gasteiger partial charge on any atom is 0.337 e. The van der Waals surface area contributed by atoms with Crippen LogP contribution in [0.25, 0.3) is 0 Å². The number of aromatic carboxylic acids is 2. The Balaban J connectivity index is 0.903. The van der Waals surface area contributed by atoms with Gasteiger partial charge in [0.05, 0.1) is 50.8 Å². The Bertz CT molecular complexity index is 3080. The second-order valence-corrected chi connectivity index (χ2v) is 26.6. The van der Waals surface area contributed by atoms with Gasteiger partial charge in [-0.1, -0.05) is 24.3 Å². The first-order valence-corrected chi connectivity index (χ1v) is 33.7. The van der Waals surface area contributed by atoms with Crippen molar-refractivity contribution in [1.29, 1.82) is 0 Å². The van der Waals surface area contributed by atoms with Crippen molar-refractivity contribution >= 4 is 23.3 Å². The molecule has 30 aliphatic heterocycles. The van der Waals surface area contributed by atoms with E-state index >= 15 is 0 Å². The topological polar surface area (TPSA) is 691 Å². The Morgan fingerprint density at radius 1 is 0.245 bits per heavy atom. The predicted molar refractivity (Wildman–Crippen MR) is 331 cm³/mol. The van der Waals surface area contributed by atoms with Gasteiger partial charge >= 0.3 is 11.9 Å². The molecule has 26 N–H and O–H groups in total. The van der Waals surface area contributed by atoms with Crippen LogP contribution >= 0.6 is 0 Å². The van der Waals surface area contributed by atoms with Gasteiger partial charge in [0.15, 0.2) is 50.3 Å². The SMILES string of the molecule is O=C(O)c1ccccc1NC[C@H]1O[C@@H]2O[C@H]3[C@H](O)[C@@H](O)[C@@H](O[C@H]4[C@H](O)[C@@H](O)[C@@H](O[C@H]5[C@H](O)[C@@H](O)[C@@H](O[C@H]6[C@H](O)[C@@H](O)[C@@H](O[C@H]7[C@H](O)[C@@H](O)[C@@H](O[C@H]8[C@H](O)[C@@H](O)[C@@H](O[C@H]9[C@H](O)[C@@H](O)[C@@H](O[C@H]1[C@H](O)[C@H]2O)O[C@@H]9CO)O[C@@H]8CNc1ccccc1C(=O)O)O[C@@H]7CO)O[C@@H]6CO)O[C@@H]5CO)O[C@@H]4CO)O[C@@H]3CO. The summed E-state index contributed by atoms with van der Waals surface area (Å²) >= 11 is 0. The Hall–Kier alpha value is -4.54. The second kappa shape index (κ2) is 35.4. The Morgan fingerprint density at radius 3 is 0.575 bits per heavy atom. The van der Waals surface area contributed by atoms with E-state index in [1.165, 1.54) is 48.5 Å². The Morgan fingerprint density at radius 2 is 0.406 bits per heavy atom. The van der Waals surface area contributed by atoms with Crippen LogP contribution in [0.1, 0.15) is 20.7 Å². The number of para-hydroxylation sites is 2. The molecule has 2 aromatic carbocycles. The minimum absolute atomic E-state index is 0.0714. The molecule has 0 spiro atoms. The van der Waals surface area contributed by atoms with E-state index < -0.39 is 310 Å². The first kappa shape index (κ1) is 82.4. The van der Waals surface area contributed by atoms with Gasteiger partial charge in [-0.25, -0.2) is 9.59 Å². The average Bonchev–Trinajstić information content (AvgIpc) is 0.781. The molecular weight excluding hydrogens is 1440 g/mol. The van der Waals surface area contributed by atoms with E-state index in [0.717, 1.165) is 0 Å². The number of aliphatic hydroxyl groups is 22. The van der Waals surface area contributed by atoms with Gasteiger partial charge in [-0.2, -0.15) is 0 Å². The molecule has 32 rings (SSSR count). The Kier molecular flexibility index (Phi) is 27.6. The van der Waals surface area contributed by atoms with Crippen molar-refractivity contribution in [2.75, 3.05) is 63.4 Å². The van der Waals surface area contributed by atoms with E-state index in [-0.39, 0.29) is 22.5 Å². The molecule has 0 aromatic heterocycles. The van der Waals surface area contributed by atoms with Crippen molar-refractivity contribution in [3.8, 4) is 0 Å². The molecular formula is C62H90N2O42. The summed E-state index contributed by atoms with van der Waals surface area (Å²) < 4.78 is 94.2. The first-order valence-electron chi connectivity index (χ1n) is 33.7. The largest absolute Gasteiger partial charge is 0.478 e. The minimum atomic E-state index is -2.35. The molecule has 44 nitrogen and oxygen atoms in total. The fourth-order valence-electron chi connectivity index (χ4n) is 14.0. The molecule has 0 aliphatic carbocycles. The molecule has 0 saturated carbocycles. The lowest BCUT2D eigenvalue weighted by atomic mass is 9.94. The summed E-state index contributed by atoms with van der Waals surface area (Å²) in [6, 6.07) is 10.7. The third-order valence-corrected chi connectivity index (χ3v) is 19.8. The summed E-state index contributed by atoms with van der Waals surface area (Å²) in [5.74, 6) is -2.85. The molecule has 30 fully saturated rings. The van der Waals surface area contributed by atoms with E-state index in [9.17, 15) is 132 Å². The number of nitrogens with one attached hydrogen (secondary N) is 2. The van der Waals surface area contributed by atoms with E-state index in [1.54, 1.807) is 0 Å². The lowest BCUT2D eigenvalue weighted by molar-refractivity contribution is -0.402. The molecule has 0 amide bonds. The standard InChI is InChI=1S/C62H90N2O42/c65-11-23-47-31(73)39(81)57(93-23)99-45-21(9-63-19-7-3-1-5-17(19)53(87)88)92-56(38(80)30(45)72)102-48-24(12-66)95-59(41(83)33(48)75)104-50-26(14-68)97-61(43(85)35(50)77)106-52-28(16-70)98-62(44(86)36(52)78)105-51-27(15-69)96-60(42(84)34(51)76)103-49-25(13-67)94-58(40(82)32(49)74)100-46-22(91-55(101-47)37(79)29(46)71)10-64-20-8-4-2-6-18(20)54(89)90/h1-8,21-52,55-86H,9-16H2,(H,87,88)(H,89,90)/t21-,22-,23-,24-,25-,26-,27-,28-,29-,30-,31-,32-,33-,34-,35-,36-,37-,38-,39-,40-,41-,42-,43-,44-,45-,46-,47-,48-,49-,50-,51-,52-,55-,56-,57-,58-,59-,60-,61-,62-/m1/s1. The van der Waals surface area contributed by atoms with Crippen molar-refractivity contribution in [3.05, 3.63) is 59.7 Å². The van der Waals surface area contributed by atoms with Crippen LogP contribution in [-0.4, -0.2) is 433 Å². The molecule has 0 unspecified atom stereocenters. The molecule has 30 aliphatic rings. The van der Waals surface area contributed by atoms with Crippen LogP contribution in [0.3, 0.4) is 0 Å². The first-order chi connectivity index (χ1) is 50.6. The van der Waals surface area contributed by atoms with Crippen LogP contribution in [0.2, 0.25) is 0 Å². The van der Waals surface area contributed by atoms with Crippen molar-refractivity contribution in [1.82, 2.24) is 0 Å². The van der Waals surface area contributed by atoms with E-state index in [4.69, 9.17) is 75.8 Å². The molecule has 106 heavy (non-hydrogen) atoms. The molecule has 44 heteroatoms. The molecule has 2 aromatic rings. The van der Waals surface area contributed by atoms with Crippen molar-refractivity contribution < 1.29 is 208 Å². The minimum Gasteiger partial charge on any atom is -0.478 e. The number of carboxylic acid groups (broad SMARTS) is 2. The van der Waals surface area contributed by atoms with Crippen molar-refractivity contribution in [3.63, 3.8) is 0 Å². The highest BCUT2D eigenvalue weighted by atomic mass is 16.8. The number of hydrogen-bond acceptors (Lipinski definition) is 42. The third-order valence-electron chi connectivity index (χ3n) is 19.8. The number of rotatable bonds is 14. The summed E-state index contributed by atoms with van der Waals surface area (Å²) in [6.07, 6.45) is -84.3. The highest BCUT2D eigenvalue weighted by Gasteiger charge is 2.61. The summed E-state index contributed by atoms with van der Waals surface area (Å²) in [6.45, 7) is -7.99. The fourth-order valence-corrected chi connectivity index (χ4v) is 14.0. The third kappa shape index (κ3) is 16.8. The molecule has 40 atom stereocenters. The normalized spacial score (nSPS) is 47.8. The lowest BCUT2D eigenvalue weighted by Crippen LogP contribution is -2.69. The van der Waals surface area contributed by atoms with Crippen LogP contribution in [0.15, 0.2) is 48.5 Å². The number of aliphatic hydroxyl groups excluding tert-OH is 22. The molecule has 600 valence electrons. The number of ether oxygens (including phenoxy) is 16. The number of benzene rings is 2. The zero-order valence-electron chi connectivity index (χ0n) is 55.5. The van der Waals surface area contributed by atoms with Crippen LogP contribution in [0.4, 0.5) is 11.4 Å². The zero-order valence-corrected chi connectivity index (χ0v) is 55.5. The second-order valence-electron chi connectivity index (χ2n) is 26.6. The summed E-state index contributed by atoms with van der Waals surface area (Å²) in [4.78, 5) is 24.6. The monoisotopic (exact) mass is 1530 g/mol. The van der Waals surface area contributed by atoms with E-state index in [0.29, 0.717) is 0 Å².